The molecule has 0 spiro atoms. The molecule has 0 amide bonds. The Hall–Kier alpha value is -1.17. The molecular formula is C14H19NO3S. The zero-order valence-electron chi connectivity index (χ0n) is 11.1. The maximum absolute atomic E-state index is 5.70. The van der Waals surface area contributed by atoms with Gasteiger partial charge in [0.05, 0.1) is 32.5 Å². The van der Waals surface area contributed by atoms with E-state index < -0.39 is 0 Å². The van der Waals surface area contributed by atoms with Crippen LogP contribution in [0.5, 0.6) is 5.75 Å². The number of methoxy groups -OCH3 is 1. The van der Waals surface area contributed by atoms with Gasteiger partial charge in [-0.05, 0) is 24.1 Å². The van der Waals surface area contributed by atoms with Crippen LogP contribution in [0.25, 0.3) is 0 Å². The van der Waals surface area contributed by atoms with Gasteiger partial charge in [-0.25, -0.2) is 0 Å². The first-order valence-corrected chi connectivity index (χ1v) is 6.73. The predicted octanol–water partition coefficient (Wildman–Crippen LogP) is 1.88. The van der Waals surface area contributed by atoms with Crippen LogP contribution in [0.2, 0.25) is 0 Å². The van der Waals surface area contributed by atoms with Gasteiger partial charge in [0.15, 0.2) is 0 Å². The van der Waals surface area contributed by atoms with Crippen LogP contribution in [-0.4, -0.2) is 31.9 Å². The standard InChI is InChI=1S/C14H19NO3S/c1-16-13-6-10(2-3-12(13)14(15)19)7-18-9-11-4-5-17-8-11/h2-3,6,11H,4-5,7-9H2,1H3,(H2,15,19). The zero-order valence-corrected chi connectivity index (χ0v) is 11.9. The van der Waals surface area contributed by atoms with Crippen LogP contribution in [0.3, 0.4) is 0 Å². The first-order valence-electron chi connectivity index (χ1n) is 6.33. The highest BCUT2D eigenvalue weighted by Crippen LogP contribution is 2.21. The Morgan fingerprint density at radius 3 is 3.00 bits per heavy atom. The minimum Gasteiger partial charge on any atom is -0.496 e. The van der Waals surface area contributed by atoms with Crippen molar-refractivity contribution >= 4 is 17.2 Å². The molecular weight excluding hydrogens is 262 g/mol. The Bertz CT molecular complexity index is 444. The molecule has 0 bridgehead atoms. The topological polar surface area (TPSA) is 53.7 Å². The van der Waals surface area contributed by atoms with E-state index in [1.807, 2.05) is 18.2 Å². The highest BCUT2D eigenvalue weighted by Gasteiger charge is 2.15. The Labute approximate surface area is 118 Å². The first-order chi connectivity index (χ1) is 9.20. The maximum atomic E-state index is 5.70. The van der Waals surface area contributed by atoms with Crippen molar-refractivity contribution in [2.75, 3.05) is 26.9 Å². The number of ether oxygens (including phenoxy) is 3. The lowest BCUT2D eigenvalue weighted by Crippen LogP contribution is -2.12. The summed E-state index contributed by atoms with van der Waals surface area (Å²) in [6, 6.07) is 5.75. The molecule has 104 valence electrons. The summed E-state index contributed by atoms with van der Waals surface area (Å²) in [6.45, 7) is 2.96. The molecule has 1 fully saturated rings. The molecule has 19 heavy (non-hydrogen) atoms. The molecule has 1 aliphatic heterocycles. The van der Waals surface area contributed by atoms with Crippen LogP contribution in [0.1, 0.15) is 17.5 Å². The normalized spacial score (nSPS) is 18.5. The van der Waals surface area contributed by atoms with Gasteiger partial charge >= 0.3 is 0 Å². The second-order valence-corrected chi connectivity index (χ2v) is 5.08. The molecule has 1 heterocycles. The lowest BCUT2D eigenvalue weighted by molar-refractivity contribution is 0.0790. The maximum Gasteiger partial charge on any atom is 0.129 e. The lowest BCUT2D eigenvalue weighted by atomic mass is 10.1. The van der Waals surface area contributed by atoms with Gasteiger partial charge in [-0.2, -0.15) is 0 Å². The number of hydrogen-bond donors (Lipinski definition) is 1. The molecule has 2 N–H and O–H groups in total. The number of nitrogens with two attached hydrogens (primary N) is 1. The molecule has 1 saturated heterocycles. The number of rotatable bonds is 6. The van der Waals surface area contributed by atoms with Crippen molar-refractivity contribution in [1.29, 1.82) is 0 Å². The van der Waals surface area contributed by atoms with Gasteiger partial charge in [-0.3, -0.25) is 0 Å². The SMILES string of the molecule is COc1cc(COCC2CCOC2)ccc1C(N)=S. The van der Waals surface area contributed by atoms with E-state index in [2.05, 4.69) is 0 Å². The summed E-state index contributed by atoms with van der Waals surface area (Å²) in [5.74, 6) is 1.22. The molecule has 0 aromatic heterocycles. The third kappa shape index (κ3) is 3.89. The van der Waals surface area contributed by atoms with Crippen LogP contribution in [0.4, 0.5) is 0 Å². The van der Waals surface area contributed by atoms with Gasteiger partial charge in [-0.1, -0.05) is 18.3 Å². The predicted molar refractivity (Wildman–Crippen MR) is 77.5 cm³/mol. The third-order valence-corrected chi connectivity index (χ3v) is 3.40. The van der Waals surface area contributed by atoms with Crippen molar-refractivity contribution in [3.8, 4) is 5.75 Å². The first kappa shape index (κ1) is 14.2. The highest BCUT2D eigenvalue weighted by atomic mass is 32.1. The number of thiocarbonyl (C=S) groups is 1. The summed E-state index contributed by atoms with van der Waals surface area (Å²) in [7, 11) is 1.61. The second kappa shape index (κ2) is 6.84. The van der Waals surface area contributed by atoms with Crippen molar-refractivity contribution in [3.63, 3.8) is 0 Å². The molecule has 1 atom stereocenters. The summed E-state index contributed by atoms with van der Waals surface area (Å²) in [5, 5.41) is 0. The monoisotopic (exact) mass is 281 g/mol. The smallest absolute Gasteiger partial charge is 0.129 e. The fourth-order valence-corrected chi connectivity index (χ4v) is 2.26. The molecule has 2 rings (SSSR count). The van der Waals surface area contributed by atoms with E-state index in [-0.39, 0.29) is 0 Å². The lowest BCUT2D eigenvalue weighted by Gasteiger charge is -2.11. The summed E-state index contributed by atoms with van der Waals surface area (Å²) in [4.78, 5) is 0.340. The molecule has 5 heteroatoms. The van der Waals surface area contributed by atoms with Gasteiger partial charge in [-0.15, -0.1) is 0 Å². The van der Waals surface area contributed by atoms with Crippen molar-refractivity contribution in [3.05, 3.63) is 29.3 Å². The third-order valence-electron chi connectivity index (χ3n) is 3.18. The Kier molecular flexibility index (Phi) is 5.13. The van der Waals surface area contributed by atoms with Crippen LogP contribution in [0, 0.1) is 5.92 Å². The van der Waals surface area contributed by atoms with E-state index in [0.717, 1.165) is 37.4 Å². The van der Waals surface area contributed by atoms with Crippen molar-refractivity contribution in [1.82, 2.24) is 0 Å². The highest BCUT2D eigenvalue weighted by molar-refractivity contribution is 7.80. The second-order valence-electron chi connectivity index (χ2n) is 4.64. The van der Waals surface area contributed by atoms with Crippen LogP contribution < -0.4 is 10.5 Å². The fraction of sp³-hybridized carbons (Fsp3) is 0.500. The molecule has 0 saturated carbocycles. The Morgan fingerprint density at radius 1 is 1.53 bits per heavy atom. The minimum absolute atomic E-state index is 0.340. The van der Waals surface area contributed by atoms with E-state index in [4.69, 9.17) is 32.2 Å². The van der Waals surface area contributed by atoms with Crippen molar-refractivity contribution in [2.24, 2.45) is 11.7 Å². The van der Waals surface area contributed by atoms with E-state index in [9.17, 15) is 0 Å². The fourth-order valence-electron chi connectivity index (χ4n) is 2.09. The van der Waals surface area contributed by atoms with E-state index in [1.165, 1.54) is 0 Å². The summed E-state index contributed by atoms with van der Waals surface area (Å²) in [5.41, 5.74) is 7.44. The minimum atomic E-state index is 0.340. The summed E-state index contributed by atoms with van der Waals surface area (Å²) in [6.07, 6.45) is 1.09. The zero-order chi connectivity index (χ0) is 13.7. The molecule has 1 aromatic rings. The van der Waals surface area contributed by atoms with Crippen LogP contribution in [-0.2, 0) is 16.1 Å². The Morgan fingerprint density at radius 2 is 2.37 bits per heavy atom. The molecule has 0 radical (unpaired) electrons. The molecule has 4 nitrogen and oxygen atoms in total. The average Bonchev–Trinajstić information content (AvgIpc) is 2.91. The molecule has 1 aliphatic rings. The van der Waals surface area contributed by atoms with Crippen molar-refractivity contribution in [2.45, 2.75) is 13.0 Å². The molecule has 0 aliphatic carbocycles. The van der Waals surface area contributed by atoms with Gasteiger partial charge in [0.25, 0.3) is 0 Å². The van der Waals surface area contributed by atoms with E-state index >= 15 is 0 Å². The van der Waals surface area contributed by atoms with E-state index in [1.54, 1.807) is 7.11 Å². The quantitative estimate of drug-likeness (QED) is 0.807. The van der Waals surface area contributed by atoms with Gasteiger partial charge in [0.1, 0.15) is 10.7 Å². The molecule has 1 unspecified atom stereocenters. The van der Waals surface area contributed by atoms with Gasteiger partial charge < -0.3 is 19.9 Å². The van der Waals surface area contributed by atoms with Gasteiger partial charge in [0, 0.05) is 12.5 Å². The van der Waals surface area contributed by atoms with Gasteiger partial charge in [0.2, 0.25) is 0 Å². The number of hydrogen-bond acceptors (Lipinski definition) is 4. The number of benzene rings is 1. The molecule has 1 aromatic carbocycles. The largest absolute Gasteiger partial charge is 0.496 e. The van der Waals surface area contributed by atoms with Crippen LogP contribution in [0.15, 0.2) is 18.2 Å². The van der Waals surface area contributed by atoms with Crippen molar-refractivity contribution < 1.29 is 14.2 Å². The summed E-state index contributed by atoms with van der Waals surface area (Å²) < 4.78 is 16.3. The average molecular weight is 281 g/mol. The summed E-state index contributed by atoms with van der Waals surface area (Å²) >= 11 is 4.97. The Balaban J connectivity index is 1.91. The van der Waals surface area contributed by atoms with Crippen LogP contribution >= 0.6 is 12.2 Å². The van der Waals surface area contributed by atoms with E-state index in [0.29, 0.717) is 23.3 Å².